The lowest BCUT2D eigenvalue weighted by Gasteiger charge is -2.08. The monoisotopic (exact) mass is 374 g/mol. The van der Waals surface area contributed by atoms with Crippen molar-refractivity contribution < 1.29 is 24.4 Å². The number of phenols is 2. The maximum Gasteiger partial charge on any atom is 0.160 e. The van der Waals surface area contributed by atoms with Gasteiger partial charge in [0.25, 0.3) is 0 Å². The first kappa shape index (κ1) is 20.9. The van der Waals surface area contributed by atoms with E-state index < -0.39 is 0 Å². The molecule has 0 fully saturated rings. The lowest BCUT2D eigenvalue weighted by atomic mass is 10.1. The van der Waals surface area contributed by atoms with Crippen LogP contribution in [0.15, 0.2) is 36.4 Å². The lowest BCUT2D eigenvalue weighted by Crippen LogP contribution is -1.99. The van der Waals surface area contributed by atoms with E-state index in [-0.39, 0.29) is 11.5 Å². The van der Waals surface area contributed by atoms with Gasteiger partial charge in [-0.3, -0.25) is 0 Å². The van der Waals surface area contributed by atoms with E-state index in [1.165, 1.54) is 0 Å². The zero-order valence-corrected chi connectivity index (χ0v) is 16.2. The molecule has 0 aliphatic heterocycles. The van der Waals surface area contributed by atoms with Crippen LogP contribution in [-0.2, 0) is 17.6 Å². The fourth-order valence-corrected chi connectivity index (χ4v) is 2.92. The molecule has 0 amide bonds. The molecule has 27 heavy (non-hydrogen) atoms. The summed E-state index contributed by atoms with van der Waals surface area (Å²) in [7, 11) is 3.12. The van der Waals surface area contributed by atoms with Gasteiger partial charge < -0.3 is 24.4 Å². The van der Waals surface area contributed by atoms with Crippen molar-refractivity contribution in [1.82, 2.24) is 0 Å². The minimum atomic E-state index is 0.176. The summed E-state index contributed by atoms with van der Waals surface area (Å²) in [5.74, 6) is 1.40. The number of hydrogen-bond donors (Lipinski definition) is 2. The third-order valence-electron chi connectivity index (χ3n) is 4.50. The van der Waals surface area contributed by atoms with E-state index in [0.29, 0.717) is 11.5 Å². The Hall–Kier alpha value is -2.40. The molecule has 2 aromatic rings. The van der Waals surface area contributed by atoms with Gasteiger partial charge in [0, 0.05) is 13.2 Å². The van der Waals surface area contributed by atoms with Crippen LogP contribution in [0.2, 0.25) is 0 Å². The van der Waals surface area contributed by atoms with Gasteiger partial charge in [0.15, 0.2) is 23.0 Å². The Bertz CT molecular complexity index is 640. The largest absolute Gasteiger partial charge is 0.504 e. The van der Waals surface area contributed by atoms with Gasteiger partial charge in [-0.15, -0.1) is 0 Å². The first-order valence-corrected chi connectivity index (χ1v) is 9.43. The highest BCUT2D eigenvalue weighted by Gasteiger charge is 2.04. The van der Waals surface area contributed by atoms with Crippen LogP contribution in [0.4, 0.5) is 0 Å². The van der Waals surface area contributed by atoms with Gasteiger partial charge in [0.2, 0.25) is 0 Å². The van der Waals surface area contributed by atoms with E-state index in [1.54, 1.807) is 26.4 Å². The average Bonchev–Trinajstić information content (AvgIpc) is 2.69. The first-order chi connectivity index (χ1) is 13.1. The standard InChI is InChI=1S/C22H30O5/c1-25-21-15-17(9-11-19(21)23)7-3-5-13-27-14-6-4-8-18-10-12-20(24)22(16-18)26-2/h9-12,15-16,23-24H,3-8,13-14H2,1-2H3. The third-order valence-corrected chi connectivity index (χ3v) is 4.50. The molecule has 0 saturated carbocycles. The number of unbranched alkanes of at least 4 members (excludes halogenated alkanes) is 2. The zero-order chi connectivity index (χ0) is 19.5. The molecule has 0 aliphatic rings. The van der Waals surface area contributed by atoms with E-state index in [4.69, 9.17) is 14.2 Å². The second-order valence-corrected chi connectivity index (χ2v) is 6.54. The molecule has 0 saturated heterocycles. The highest BCUT2D eigenvalue weighted by atomic mass is 16.5. The summed E-state index contributed by atoms with van der Waals surface area (Å²) in [6, 6.07) is 11.0. The van der Waals surface area contributed by atoms with Gasteiger partial charge in [-0.1, -0.05) is 12.1 Å². The van der Waals surface area contributed by atoms with Gasteiger partial charge in [-0.25, -0.2) is 0 Å². The van der Waals surface area contributed by atoms with Crippen LogP contribution < -0.4 is 9.47 Å². The van der Waals surface area contributed by atoms with Gasteiger partial charge in [-0.2, -0.15) is 0 Å². The fourth-order valence-electron chi connectivity index (χ4n) is 2.92. The van der Waals surface area contributed by atoms with Crippen LogP contribution in [0.1, 0.15) is 36.8 Å². The SMILES string of the molecule is COc1cc(CCCCOCCCCc2ccc(O)c(OC)c2)ccc1O. The number of methoxy groups -OCH3 is 2. The van der Waals surface area contributed by atoms with Crippen molar-refractivity contribution in [3.05, 3.63) is 47.5 Å². The van der Waals surface area contributed by atoms with Crippen molar-refractivity contribution >= 4 is 0 Å². The molecule has 0 radical (unpaired) electrons. The lowest BCUT2D eigenvalue weighted by molar-refractivity contribution is 0.127. The first-order valence-electron chi connectivity index (χ1n) is 9.43. The molecule has 0 aromatic heterocycles. The maximum atomic E-state index is 9.60. The van der Waals surface area contributed by atoms with Crippen LogP contribution in [0.3, 0.4) is 0 Å². The molecule has 148 valence electrons. The van der Waals surface area contributed by atoms with Crippen LogP contribution in [-0.4, -0.2) is 37.6 Å². The summed E-state index contributed by atoms with van der Waals surface area (Å²) in [5, 5.41) is 19.2. The molecular formula is C22H30O5. The van der Waals surface area contributed by atoms with E-state index in [1.807, 2.05) is 24.3 Å². The Labute approximate surface area is 161 Å². The minimum absolute atomic E-state index is 0.176. The van der Waals surface area contributed by atoms with Crippen molar-refractivity contribution in [2.45, 2.75) is 38.5 Å². The molecule has 2 N–H and O–H groups in total. The average molecular weight is 374 g/mol. The molecule has 0 atom stereocenters. The predicted molar refractivity (Wildman–Crippen MR) is 106 cm³/mol. The number of benzene rings is 2. The van der Waals surface area contributed by atoms with Crippen LogP contribution >= 0.6 is 0 Å². The number of ether oxygens (including phenoxy) is 3. The second-order valence-electron chi connectivity index (χ2n) is 6.54. The molecule has 5 nitrogen and oxygen atoms in total. The Morgan fingerprint density at radius 3 is 1.52 bits per heavy atom. The summed E-state index contributed by atoms with van der Waals surface area (Å²) < 4.78 is 16.0. The Morgan fingerprint density at radius 2 is 1.11 bits per heavy atom. The number of hydrogen-bond acceptors (Lipinski definition) is 5. The van der Waals surface area contributed by atoms with Crippen molar-refractivity contribution in [1.29, 1.82) is 0 Å². The Balaban J connectivity index is 1.52. The smallest absolute Gasteiger partial charge is 0.160 e. The summed E-state index contributed by atoms with van der Waals surface area (Å²) >= 11 is 0. The molecule has 0 unspecified atom stereocenters. The number of aryl methyl sites for hydroxylation is 2. The van der Waals surface area contributed by atoms with Gasteiger partial charge >= 0.3 is 0 Å². The molecule has 0 bridgehead atoms. The maximum absolute atomic E-state index is 9.60. The van der Waals surface area contributed by atoms with Gasteiger partial charge in [0.1, 0.15) is 0 Å². The predicted octanol–water partition coefficient (Wildman–Crippen LogP) is 4.48. The molecule has 2 rings (SSSR count). The molecule has 5 heteroatoms. The fraction of sp³-hybridized carbons (Fsp3) is 0.455. The van der Waals surface area contributed by atoms with E-state index >= 15 is 0 Å². The number of rotatable bonds is 12. The number of phenolic OH excluding ortho intramolecular Hbond substituents is 2. The van der Waals surface area contributed by atoms with Crippen LogP contribution in [0.5, 0.6) is 23.0 Å². The quantitative estimate of drug-likeness (QED) is 0.536. The topological polar surface area (TPSA) is 68.2 Å². The molecule has 2 aromatic carbocycles. The minimum Gasteiger partial charge on any atom is -0.504 e. The zero-order valence-electron chi connectivity index (χ0n) is 16.2. The Kier molecular flexibility index (Phi) is 8.78. The number of aromatic hydroxyl groups is 2. The summed E-state index contributed by atoms with van der Waals surface area (Å²) in [5.41, 5.74) is 2.32. The van der Waals surface area contributed by atoms with Crippen molar-refractivity contribution in [2.24, 2.45) is 0 Å². The summed E-state index contributed by atoms with van der Waals surface area (Å²) in [6.07, 6.45) is 6.00. The van der Waals surface area contributed by atoms with Crippen molar-refractivity contribution in [3.63, 3.8) is 0 Å². The normalized spacial score (nSPS) is 10.7. The Morgan fingerprint density at radius 1 is 0.667 bits per heavy atom. The molecule has 0 heterocycles. The van der Waals surface area contributed by atoms with E-state index in [2.05, 4.69) is 0 Å². The third kappa shape index (κ3) is 7.02. The van der Waals surface area contributed by atoms with Crippen molar-refractivity contribution in [2.75, 3.05) is 27.4 Å². The van der Waals surface area contributed by atoms with E-state index in [0.717, 1.165) is 62.9 Å². The van der Waals surface area contributed by atoms with Crippen LogP contribution in [0, 0.1) is 0 Å². The van der Waals surface area contributed by atoms with E-state index in [9.17, 15) is 10.2 Å². The molecular weight excluding hydrogens is 344 g/mol. The van der Waals surface area contributed by atoms with Crippen LogP contribution in [0.25, 0.3) is 0 Å². The summed E-state index contributed by atoms with van der Waals surface area (Å²) in [4.78, 5) is 0. The highest BCUT2D eigenvalue weighted by molar-refractivity contribution is 5.42. The van der Waals surface area contributed by atoms with Gasteiger partial charge in [0.05, 0.1) is 14.2 Å². The highest BCUT2D eigenvalue weighted by Crippen LogP contribution is 2.27. The van der Waals surface area contributed by atoms with Crippen molar-refractivity contribution in [3.8, 4) is 23.0 Å². The molecule has 0 aliphatic carbocycles. The molecule has 0 spiro atoms. The second kappa shape index (κ2) is 11.3. The van der Waals surface area contributed by atoms with Gasteiger partial charge in [-0.05, 0) is 73.9 Å². The summed E-state index contributed by atoms with van der Waals surface area (Å²) in [6.45, 7) is 1.53.